The van der Waals surface area contributed by atoms with E-state index < -0.39 is 10.0 Å². The van der Waals surface area contributed by atoms with Gasteiger partial charge in [0, 0.05) is 0 Å². The van der Waals surface area contributed by atoms with Crippen LogP contribution in [-0.2, 0) is 10.0 Å². The monoisotopic (exact) mass is 213 g/mol. The summed E-state index contributed by atoms with van der Waals surface area (Å²) in [6.07, 6.45) is 0.914. The predicted molar refractivity (Wildman–Crippen MR) is 56.1 cm³/mol. The molecule has 0 unspecified atom stereocenters. The Bertz CT molecular complexity index is 388. The van der Waals surface area contributed by atoms with Crippen LogP contribution in [0.5, 0.6) is 5.75 Å². The van der Waals surface area contributed by atoms with Crippen molar-refractivity contribution in [2.45, 2.75) is 18.1 Å². The lowest BCUT2D eigenvalue weighted by molar-refractivity contribution is 0.590. The van der Waals surface area contributed by atoms with Crippen LogP contribution in [0, 0.1) is 0 Å². The molecule has 0 atom stereocenters. The highest BCUT2D eigenvalue weighted by atomic mass is 32.2. The van der Waals surface area contributed by atoms with E-state index in [1.165, 1.54) is 12.1 Å². The van der Waals surface area contributed by atoms with Gasteiger partial charge in [-0.05, 0) is 30.6 Å². The number of hydrogen-bond donors (Lipinski definition) is 1. The average molecular weight is 213 g/mol. The van der Waals surface area contributed by atoms with E-state index in [4.69, 9.17) is 9.79 Å². The Morgan fingerprint density at radius 3 is 2.36 bits per heavy atom. The fourth-order valence-electron chi connectivity index (χ4n) is 0.945. The van der Waals surface area contributed by atoms with Gasteiger partial charge in [0.2, 0.25) is 10.0 Å². The van der Waals surface area contributed by atoms with Crippen molar-refractivity contribution in [3.8, 4) is 5.75 Å². The fraction of sp³-hybridized carbons (Fsp3) is 0.250. The molecular formula is C8H12BNO3S. The molecule has 1 rings (SSSR count). The maximum absolute atomic E-state index is 10.9. The van der Waals surface area contributed by atoms with Crippen LogP contribution in [-0.4, -0.2) is 15.9 Å². The van der Waals surface area contributed by atoms with E-state index in [1.54, 1.807) is 12.1 Å². The van der Waals surface area contributed by atoms with Gasteiger partial charge in [0.1, 0.15) is 0 Å². The molecule has 0 heterocycles. The van der Waals surface area contributed by atoms with E-state index in [2.05, 4.69) is 0 Å². The van der Waals surface area contributed by atoms with Crippen molar-refractivity contribution in [2.24, 2.45) is 5.14 Å². The van der Waals surface area contributed by atoms with E-state index in [0.29, 0.717) is 13.2 Å². The summed E-state index contributed by atoms with van der Waals surface area (Å²) in [4.78, 5) is 0.0985. The molecule has 0 saturated heterocycles. The van der Waals surface area contributed by atoms with Gasteiger partial charge in [-0.2, -0.15) is 0 Å². The standard InChI is InChI=1S/C8H12BNO3S/c1-2-9-13-7-3-5-8(6-4-7)14(10,11)12/h3-6,9H,2H2,1H3,(H2,10,11,12). The van der Waals surface area contributed by atoms with Crippen LogP contribution in [0.3, 0.4) is 0 Å². The minimum Gasteiger partial charge on any atom is -0.564 e. The molecule has 1 aromatic rings. The van der Waals surface area contributed by atoms with Gasteiger partial charge in [0.05, 0.1) is 10.6 Å². The highest BCUT2D eigenvalue weighted by Crippen LogP contribution is 2.14. The number of hydrogen-bond acceptors (Lipinski definition) is 3. The van der Waals surface area contributed by atoms with E-state index in [0.717, 1.165) is 6.32 Å². The topological polar surface area (TPSA) is 69.4 Å². The second-order valence-corrected chi connectivity index (χ2v) is 4.43. The van der Waals surface area contributed by atoms with Gasteiger partial charge in [-0.15, -0.1) is 0 Å². The number of sulfonamides is 1. The molecule has 0 aliphatic heterocycles. The molecule has 0 aliphatic carbocycles. The smallest absolute Gasteiger partial charge is 0.339 e. The number of primary sulfonamides is 1. The number of rotatable bonds is 4. The molecule has 0 aromatic heterocycles. The summed E-state index contributed by atoms with van der Waals surface area (Å²) < 4.78 is 27.1. The zero-order valence-electron chi connectivity index (χ0n) is 7.93. The van der Waals surface area contributed by atoms with E-state index in [-0.39, 0.29) is 4.90 Å². The first-order valence-corrected chi connectivity index (χ1v) is 5.84. The molecular weight excluding hydrogens is 201 g/mol. The Kier molecular flexibility index (Phi) is 3.54. The summed E-state index contributed by atoms with van der Waals surface area (Å²) >= 11 is 0. The van der Waals surface area contributed by atoms with Gasteiger partial charge in [-0.3, -0.25) is 0 Å². The molecule has 0 radical (unpaired) electrons. The van der Waals surface area contributed by atoms with Crippen molar-refractivity contribution in [2.75, 3.05) is 0 Å². The lowest BCUT2D eigenvalue weighted by atomic mass is 9.97. The molecule has 2 N–H and O–H groups in total. The zero-order chi connectivity index (χ0) is 10.6. The van der Waals surface area contributed by atoms with E-state index >= 15 is 0 Å². The first-order chi connectivity index (χ1) is 6.54. The minimum atomic E-state index is -3.60. The van der Waals surface area contributed by atoms with Crippen molar-refractivity contribution in [1.29, 1.82) is 0 Å². The maximum Gasteiger partial charge on any atom is 0.339 e. The Hall–Kier alpha value is -1.01. The quantitative estimate of drug-likeness (QED) is 0.740. The number of benzene rings is 1. The Morgan fingerprint density at radius 2 is 1.93 bits per heavy atom. The first-order valence-electron chi connectivity index (χ1n) is 4.29. The number of nitrogens with two attached hydrogens (primary N) is 1. The molecule has 6 heteroatoms. The van der Waals surface area contributed by atoms with Crippen molar-refractivity contribution >= 4 is 17.5 Å². The van der Waals surface area contributed by atoms with Crippen LogP contribution in [0.25, 0.3) is 0 Å². The zero-order valence-corrected chi connectivity index (χ0v) is 8.75. The molecule has 4 nitrogen and oxygen atoms in total. The van der Waals surface area contributed by atoms with Gasteiger partial charge < -0.3 is 4.65 Å². The van der Waals surface area contributed by atoms with Gasteiger partial charge in [0.15, 0.2) is 0 Å². The maximum atomic E-state index is 10.9. The van der Waals surface area contributed by atoms with E-state index in [9.17, 15) is 8.42 Å². The van der Waals surface area contributed by atoms with E-state index in [1.807, 2.05) is 6.92 Å². The van der Waals surface area contributed by atoms with Crippen LogP contribution >= 0.6 is 0 Å². The second kappa shape index (κ2) is 4.48. The summed E-state index contributed by atoms with van der Waals surface area (Å²) in [5.74, 6) is 0.652. The molecule has 0 aliphatic rings. The normalized spacial score (nSPS) is 11.0. The molecule has 0 fully saturated rings. The molecule has 76 valence electrons. The van der Waals surface area contributed by atoms with Gasteiger partial charge in [0.25, 0.3) is 0 Å². The molecule has 0 bridgehead atoms. The third-order valence-corrected chi connectivity index (χ3v) is 2.55. The van der Waals surface area contributed by atoms with Crippen LogP contribution in [0.4, 0.5) is 0 Å². The second-order valence-electron chi connectivity index (χ2n) is 2.86. The molecule has 0 spiro atoms. The summed E-state index contributed by atoms with van der Waals surface area (Å²) in [6, 6.07) is 6.05. The van der Waals surface area contributed by atoms with Crippen LogP contribution < -0.4 is 9.79 Å². The van der Waals surface area contributed by atoms with Crippen LogP contribution in [0.15, 0.2) is 29.2 Å². The SMILES string of the molecule is CCBOc1ccc(S(N)(=O)=O)cc1. The van der Waals surface area contributed by atoms with Gasteiger partial charge in [-0.25, -0.2) is 13.6 Å². The first kappa shape index (κ1) is 11.1. The predicted octanol–water partition coefficient (Wildman–Crippen LogP) is 0.503. The average Bonchev–Trinajstić information content (AvgIpc) is 2.14. The van der Waals surface area contributed by atoms with Crippen molar-refractivity contribution < 1.29 is 13.1 Å². The third kappa shape index (κ3) is 3.04. The molecule has 14 heavy (non-hydrogen) atoms. The van der Waals surface area contributed by atoms with Crippen LogP contribution in [0.1, 0.15) is 6.92 Å². The Balaban J connectivity index is 2.79. The lowest BCUT2D eigenvalue weighted by Gasteiger charge is -2.04. The lowest BCUT2D eigenvalue weighted by Crippen LogP contribution is -2.11. The Labute approximate surface area is 84.4 Å². The van der Waals surface area contributed by atoms with Crippen molar-refractivity contribution in [3.05, 3.63) is 24.3 Å². The Morgan fingerprint density at radius 1 is 1.36 bits per heavy atom. The fourth-order valence-corrected chi connectivity index (χ4v) is 1.46. The van der Waals surface area contributed by atoms with Crippen molar-refractivity contribution in [3.63, 3.8) is 0 Å². The summed E-state index contributed by atoms with van der Waals surface area (Å²) in [5, 5.41) is 4.94. The van der Waals surface area contributed by atoms with Gasteiger partial charge >= 0.3 is 7.48 Å². The van der Waals surface area contributed by atoms with Gasteiger partial charge in [-0.1, -0.05) is 6.92 Å². The van der Waals surface area contributed by atoms with Crippen molar-refractivity contribution in [1.82, 2.24) is 0 Å². The molecule has 0 amide bonds. The third-order valence-electron chi connectivity index (χ3n) is 1.63. The highest BCUT2D eigenvalue weighted by Gasteiger charge is 2.06. The summed E-state index contributed by atoms with van der Waals surface area (Å²) in [5.41, 5.74) is 0. The molecule has 0 saturated carbocycles. The minimum absolute atomic E-state index is 0.0985. The summed E-state index contributed by atoms with van der Waals surface area (Å²) in [7, 11) is -2.98. The molecule has 1 aromatic carbocycles. The summed E-state index contributed by atoms with van der Waals surface area (Å²) in [6.45, 7) is 2.00. The highest BCUT2D eigenvalue weighted by molar-refractivity contribution is 7.89. The largest absolute Gasteiger partial charge is 0.564 e. The van der Waals surface area contributed by atoms with Crippen LogP contribution in [0.2, 0.25) is 6.32 Å².